The molecular weight excluding hydrogens is 288 g/mol. The summed E-state index contributed by atoms with van der Waals surface area (Å²) < 4.78 is 10.2. The first-order valence-electron chi connectivity index (χ1n) is 6.79. The first kappa shape index (κ1) is 15.8. The number of nitrogens with one attached hydrogen (secondary N) is 1. The van der Waals surface area contributed by atoms with Gasteiger partial charge < -0.3 is 19.6 Å². The maximum Gasteiger partial charge on any atom is 0.408 e. The highest BCUT2D eigenvalue weighted by molar-refractivity contribution is 5.80. The summed E-state index contributed by atoms with van der Waals surface area (Å²) in [4.78, 5) is 27.0. The van der Waals surface area contributed by atoms with Crippen molar-refractivity contribution < 1.29 is 23.8 Å². The second-order valence-corrected chi connectivity index (χ2v) is 5.90. The van der Waals surface area contributed by atoms with Gasteiger partial charge >= 0.3 is 12.1 Å². The molecule has 0 aliphatic carbocycles. The minimum atomic E-state index is -1.13. The number of carbonyl (C=O) groups excluding carboxylic acids is 1. The SMILES string of the molecule is CC(C)(C)OC(=O)N[C@@H](Cc1ccc2ocnc2c1)C(=O)O. The number of nitrogens with zero attached hydrogens (tertiary/aromatic N) is 1. The highest BCUT2D eigenvalue weighted by Crippen LogP contribution is 2.15. The van der Waals surface area contributed by atoms with Gasteiger partial charge in [-0.3, -0.25) is 0 Å². The number of aliphatic carboxylic acids is 1. The second-order valence-electron chi connectivity index (χ2n) is 5.90. The zero-order valence-corrected chi connectivity index (χ0v) is 12.6. The molecule has 0 saturated heterocycles. The normalized spacial score (nSPS) is 12.9. The standard InChI is InChI=1S/C15H18N2O5/c1-15(2,3)22-14(20)17-11(13(18)19)7-9-4-5-12-10(6-9)16-8-21-12/h4-6,8,11H,7H2,1-3H3,(H,17,20)(H,18,19)/t11-/m0/s1. The average Bonchev–Trinajstić information content (AvgIpc) is 2.82. The van der Waals surface area contributed by atoms with Gasteiger partial charge in [-0.1, -0.05) is 6.07 Å². The molecule has 0 fully saturated rings. The van der Waals surface area contributed by atoms with Crippen LogP contribution in [0.5, 0.6) is 0 Å². The number of carbonyl (C=O) groups is 2. The van der Waals surface area contributed by atoms with Crippen molar-refractivity contribution in [3.8, 4) is 0 Å². The molecule has 1 heterocycles. The summed E-state index contributed by atoms with van der Waals surface area (Å²) in [6.07, 6.45) is 0.682. The van der Waals surface area contributed by atoms with E-state index in [2.05, 4.69) is 10.3 Å². The number of ether oxygens (including phenoxy) is 1. The molecule has 0 bridgehead atoms. The number of amides is 1. The number of hydrogen-bond acceptors (Lipinski definition) is 5. The van der Waals surface area contributed by atoms with E-state index in [4.69, 9.17) is 9.15 Å². The molecule has 0 saturated carbocycles. The number of aromatic nitrogens is 1. The molecule has 22 heavy (non-hydrogen) atoms. The van der Waals surface area contributed by atoms with Crippen molar-refractivity contribution in [1.82, 2.24) is 10.3 Å². The first-order valence-corrected chi connectivity index (χ1v) is 6.79. The lowest BCUT2D eigenvalue weighted by Crippen LogP contribution is -2.44. The smallest absolute Gasteiger partial charge is 0.408 e. The van der Waals surface area contributed by atoms with Crippen molar-refractivity contribution in [2.24, 2.45) is 0 Å². The lowest BCUT2D eigenvalue weighted by atomic mass is 10.1. The molecule has 0 aliphatic rings. The first-order chi connectivity index (χ1) is 10.2. The van der Waals surface area contributed by atoms with Gasteiger partial charge in [-0.2, -0.15) is 0 Å². The zero-order chi connectivity index (χ0) is 16.3. The van der Waals surface area contributed by atoms with Crippen LogP contribution in [-0.4, -0.2) is 33.8 Å². The van der Waals surface area contributed by atoms with E-state index >= 15 is 0 Å². The fourth-order valence-corrected chi connectivity index (χ4v) is 1.92. The Hall–Kier alpha value is -2.57. The fourth-order valence-electron chi connectivity index (χ4n) is 1.92. The molecule has 2 aromatic rings. The average molecular weight is 306 g/mol. The van der Waals surface area contributed by atoms with Crippen LogP contribution in [-0.2, 0) is 16.0 Å². The number of fused-ring (bicyclic) bond motifs is 1. The van der Waals surface area contributed by atoms with Gasteiger partial charge in [0.15, 0.2) is 12.0 Å². The number of hydrogen-bond donors (Lipinski definition) is 2. The van der Waals surface area contributed by atoms with Crippen LogP contribution in [0.25, 0.3) is 11.1 Å². The predicted molar refractivity (Wildman–Crippen MR) is 78.5 cm³/mol. The molecule has 1 aromatic heterocycles. The molecule has 0 radical (unpaired) electrons. The number of benzene rings is 1. The molecule has 1 amide bonds. The third-order valence-corrected chi connectivity index (χ3v) is 2.82. The highest BCUT2D eigenvalue weighted by Gasteiger charge is 2.24. The summed E-state index contributed by atoms with van der Waals surface area (Å²) in [7, 11) is 0. The Balaban J connectivity index is 2.08. The number of carboxylic acid groups (broad SMARTS) is 1. The minimum absolute atomic E-state index is 0.122. The Bertz CT molecular complexity index is 687. The van der Waals surface area contributed by atoms with Gasteiger partial charge in [0.25, 0.3) is 0 Å². The van der Waals surface area contributed by atoms with Crippen LogP contribution in [0, 0.1) is 0 Å². The lowest BCUT2D eigenvalue weighted by Gasteiger charge is -2.22. The van der Waals surface area contributed by atoms with E-state index in [0.29, 0.717) is 11.1 Å². The Labute approximate surface area is 127 Å². The molecule has 7 heteroatoms. The molecule has 2 N–H and O–H groups in total. The lowest BCUT2D eigenvalue weighted by molar-refractivity contribution is -0.139. The van der Waals surface area contributed by atoms with Crippen LogP contribution in [0.3, 0.4) is 0 Å². The van der Waals surface area contributed by atoms with Gasteiger partial charge in [-0.05, 0) is 38.5 Å². The van der Waals surface area contributed by atoms with E-state index < -0.39 is 23.7 Å². The van der Waals surface area contributed by atoms with Crippen molar-refractivity contribution in [3.63, 3.8) is 0 Å². The van der Waals surface area contributed by atoms with Crippen molar-refractivity contribution in [1.29, 1.82) is 0 Å². The van der Waals surface area contributed by atoms with Gasteiger partial charge in [-0.15, -0.1) is 0 Å². The van der Waals surface area contributed by atoms with Crippen LogP contribution in [0.15, 0.2) is 29.0 Å². The van der Waals surface area contributed by atoms with E-state index in [1.54, 1.807) is 39.0 Å². The van der Waals surface area contributed by atoms with Crippen LogP contribution in [0.1, 0.15) is 26.3 Å². The number of rotatable bonds is 4. The third kappa shape index (κ3) is 4.21. The van der Waals surface area contributed by atoms with Crippen molar-refractivity contribution in [2.45, 2.75) is 38.8 Å². The fraction of sp³-hybridized carbons (Fsp3) is 0.400. The molecule has 0 aliphatic heterocycles. The summed E-state index contributed by atoms with van der Waals surface area (Å²) in [6, 6.07) is 4.09. The van der Waals surface area contributed by atoms with Crippen LogP contribution in [0.2, 0.25) is 0 Å². The van der Waals surface area contributed by atoms with Crippen LogP contribution >= 0.6 is 0 Å². The predicted octanol–water partition coefficient (Wildman–Crippen LogP) is 2.35. The summed E-state index contributed by atoms with van der Waals surface area (Å²) in [5.41, 5.74) is 1.30. The molecule has 2 rings (SSSR count). The highest BCUT2D eigenvalue weighted by atomic mass is 16.6. The molecule has 118 valence electrons. The quantitative estimate of drug-likeness (QED) is 0.899. The second kappa shape index (κ2) is 6.05. The van der Waals surface area contributed by atoms with Gasteiger partial charge in [0.2, 0.25) is 0 Å². The van der Waals surface area contributed by atoms with Gasteiger partial charge in [0.1, 0.15) is 17.2 Å². The van der Waals surface area contributed by atoms with Crippen molar-refractivity contribution >= 4 is 23.2 Å². The van der Waals surface area contributed by atoms with Gasteiger partial charge in [0.05, 0.1) is 0 Å². The largest absolute Gasteiger partial charge is 0.480 e. The maximum atomic E-state index is 11.7. The number of carboxylic acids is 1. The van der Waals surface area contributed by atoms with E-state index in [-0.39, 0.29) is 6.42 Å². The van der Waals surface area contributed by atoms with Gasteiger partial charge in [-0.25, -0.2) is 14.6 Å². The summed E-state index contributed by atoms with van der Waals surface area (Å²) in [5, 5.41) is 11.6. The minimum Gasteiger partial charge on any atom is -0.480 e. The van der Waals surface area contributed by atoms with Crippen LogP contribution < -0.4 is 5.32 Å². The number of oxazole rings is 1. The molecule has 0 unspecified atom stereocenters. The van der Waals surface area contributed by atoms with E-state index in [1.165, 1.54) is 6.39 Å². The van der Waals surface area contributed by atoms with Crippen molar-refractivity contribution in [3.05, 3.63) is 30.2 Å². The molecule has 1 aromatic carbocycles. The van der Waals surface area contributed by atoms with Gasteiger partial charge in [0, 0.05) is 6.42 Å². The molecule has 0 spiro atoms. The summed E-state index contributed by atoms with van der Waals surface area (Å²) in [5.74, 6) is -1.13. The Morgan fingerprint density at radius 2 is 2.14 bits per heavy atom. The molecule has 7 nitrogen and oxygen atoms in total. The topological polar surface area (TPSA) is 102 Å². The third-order valence-electron chi connectivity index (χ3n) is 2.82. The monoisotopic (exact) mass is 306 g/mol. The Morgan fingerprint density at radius 3 is 2.77 bits per heavy atom. The maximum absolute atomic E-state index is 11.7. The van der Waals surface area contributed by atoms with Crippen LogP contribution in [0.4, 0.5) is 4.79 Å². The summed E-state index contributed by atoms with van der Waals surface area (Å²) >= 11 is 0. The molecule has 1 atom stereocenters. The van der Waals surface area contributed by atoms with E-state index in [9.17, 15) is 14.7 Å². The molecular formula is C15H18N2O5. The Kier molecular flexibility index (Phi) is 4.35. The number of alkyl carbamates (subject to hydrolysis) is 1. The van der Waals surface area contributed by atoms with Crippen molar-refractivity contribution in [2.75, 3.05) is 0 Å². The van der Waals surface area contributed by atoms with E-state index in [0.717, 1.165) is 5.56 Å². The van der Waals surface area contributed by atoms with E-state index in [1.807, 2.05) is 0 Å². The summed E-state index contributed by atoms with van der Waals surface area (Å²) in [6.45, 7) is 5.13. The Morgan fingerprint density at radius 1 is 1.41 bits per heavy atom. The zero-order valence-electron chi connectivity index (χ0n) is 12.6.